The Labute approximate surface area is 157 Å². The van der Waals surface area contributed by atoms with Crippen molar-refractivity contribution in [2.75, 3.05) is 13.4 Å². The van der Waals surface area contributed by atoms with Crippen LogP contribution in [0.4, 0.5) is 0 Å². The Hall–Kier alpha value is -3.11. The molecule has 0 saturated carbocycles. The first-order chi connectivity index (χ1) is 12.9. The van der Waals surface area contributed by atoms with Crippen molar-refractivity contribution in [1.29, 1.82) is 5.26 Å². The minimum Gasteiger partial charge on any atom is -0.497 e. The summed E-state index contributed by atoms with van der Waals surface area (Å²) in [5, 5.41) is 9.60. The third kappa shape index (κ3) is 2.88. The highest BCUT2D eigenvalue weighted by molar-refractivity contribution is 7.90. The number of benzene rings is 2. The molecule has 2 aromatic carbocycles. The quantitative estimate of drug-likeness (QED) is 0.698. The second-order valence-corrected chi connectivity index (χ2v) is 8.48. The summed E-state index contributed by atoms with van der Waals surface area (Å²) in [6, 6.07) is 14.8. The predicted molar refractivity (Wildman–Crippen MR) is 101 cm³/mol. The minimum absolute atomic E-state index is 0.302. The van der Waals surface area contributed by atoms with Crippen molar-refractivity contribution in [3.05, 3.63) is 59.5 Å². The number of imidazole rings is 1. The first-order valence-electron chi connectivity index (χ1n) is 8.42. The maximum Gasteiger partial charge on any atom is 0.175 e. The molecule has 0 N–H and O–H groups in total. The van der Waals surface area contributed by atoms with E-state index in [1.807, 2.05) is 28.8 Å². The molecule has 0 saturated heterocycles. The van der Waals surface area contributed by atoms with E-state index in [1.165, 1.54) is 6.26 Å². The van der Waals surface area contributed by atoms with Gasteiger partial charge in [0.2, 0.25) is 0 Å². The van der Waals surface area contributed by atoms with Gasteiger partial charge in [0.1, 0.15) is 17.6 Å². The standard InChI is InChI=1S/C20H17N3O3S/c1-26-15-6-3-13(4-7-15)20-17(12-21)22-19-10-5-14-11-16(27(2,24)25)8-9-18(14)23(19)20/h3-4,6-9,11H,5,10H2,1-2H3. The van der Waals surface area contributed by atoms with E-state index >= 15 is 0 Å². The van der Waals surface area contributed by atoms with Crippen LogP contribution >= 0.6 is 0 Å². The van der Waals surface area contributed by atoms with Gasteiger partial charge in [0.05, 0.1) is 23.4 Å². The van der Waals surface area contributed by atoms with Gasteiger partial charge in [0.15, 0.2) is 15.5 Å². The average molecular weight is 379 g/mol. The Morgan fingerprint density at radius 2 is 1.89 bits per heavy atom. The van der Waals surface area contributed by atoms with Crippen LogP contribution in [0.1, 0.15) is 17.1 Å². The Balaban J connectivity index is 1.94. The molecule has 1 aliphatic rings. The van der Waals surface area contributed by atoms with Crippen LogP contribution in [0, 0.1) is 11.3 Å². The van der Waals surface area contributed by atoms with Crippen LogP contribution in [0.3, 0.4) is 0 Å². The molecule has 6 nitrogen and oxygen atoms in total. The largest absolute Gasteiger partial charge is 0.497 e. The summed E-state index contributed by atoms with van der Waals surface area (Å²) < 4.78 is 31.0. The lowest BCUT2D eigenvalue weighted by atomic mass is 10.0. The zero-order valence-corrected chi connectivity index (χ0v) is 15.7. The van der Waals surface area contributed by atoms with Crippen LogP contribution in [0.5, 0.6) is 5.75 Å². The summed E-state index contributed by atoms with van der Waals surface area (Å²) in [5.41, 5.74) is 3.72. The summed E-state index contributed by atoms with van der Waals surface area (Å²) in [5.74, 6) is 1.53. The monoisotopic (exact) mass is 379 g/mol. The Morgan fingerprint density at radius 3 is 2.52 bits per heavy atom. The lowest BCUT2D eigenvalue weighted by Gasteiger charge is -2.21. The van der Waals surface area contributed by atoms with Crippen molar-refractivity contribution in [1.82, 2.24) is 9.55 Å². The van der Waals surface area contributed by atoms with Gasteiger partial charge in [0, 0.05) is 18.2 Å². The number of nitriles is 1. The Kier molecular flexibility index (Phi) is 4.01. The molecule has 0 atom stereocenters. The van der Waals surface area contributed by atoms with Gasteiger partial charge in [0.25, 0.3) is 0 Å². The van der Waals surface area contributed by atoms with Gasteiger partial charge in [-0.15, -0.1) is 0 Å². The predicted octanol–water partition coefficient (Wildman–Crippen LogP) is 2.92. The number of rotatable bonds is 3. The Morgan fingerprint density at radius 1 is 1.15 bits per heavy atom. The van der Waals surface area contributed by atoms with Crippen molar-refractivity contribution >= 4 is 9.84 Å². The van der Waals surface area contributed by atoms with E-state index in [9.17, 15) is 13.7 Å². The highest BCUT2D eigenvalue weighted by Crippen LogP contribution is 2.35. The molecule has 3 aromatic rings. The molecule has 0 fully saturated rings. The molecule has 2 heterocycles. The van der Waals surface area contributed by atoms with Crippen LogP contribution in [0.2, 0.25) is 0 Å². The van der Waals surface area contributed by atoms with Gasteiger partial charge in [-0.25, -0.2) is 13.4 Å². The average Bonchev–Trinajstić information content (AvgIpc) is 3.06. The smallest absolute Gasteiger partial charge is 0.175 e. The van der Waals surface area contributed by atoms with Gasteiger partial charge in [-0.1, -0.05) is 0 Å². The third-order valence-electron chi connectivity index (χ3n) is 4.75. The normalized spacial score (nSPS) is 12.8. The summed E-state index contributed by atoms with van der Waals surface area (Å²) in [6.07, 6.45) is 2.53. The van der Waals surface area contributed by atoms with Gasteiger partial charge >= 0.3 is 0 Å². The molecule has 0 unspecified atom stereocenters. The molecule has 136 valence electrons. The van der Waals surface area contributed by atoms with E-state index in [0.717, 1.165) is 28.4 Å². The fraction of sp³-hybridized carbons (Fsp3) is 0.200. The van der Waals surface area contributed by atoms with Gasteiger partial charge in [-0.2, -0.15) is 5.26 Å². The highest BCUT2D eigenvalue weighted by atomic mass is 32.2. The molecule has 1 aromatic heterocycles. The van der Waals surface area contributed by atoms with Gasteiger partial charge in [-0.05, 0) is 54.4 Å². The third-order valence-corrected chi connectivity index (χ3v) is 5.86. The first kappa shape index (κ1) is 17.3. The molecule has 0 radical (unpaired) electrons. The van der Waals surface area contributed by atoms with Crippen molar-refractivity contribution in [2.45, 2.75) is 17.7 Å². The molecule has 1 aliphatic heterocycles. The van der Waals surface area contributed by atoms with Crippen LogP contribution in [-0.2, 0) is 22.7 Å². The van der Waals surface area contributed by atoms with Crippen molar-refractivity contribution in [3.63, 3.8) is 0 Å². The molecule has 0 aliphatic carbocycles. The fourth-order valence-corrected chi connectivity index (χ4v) is 4.12. The zero-order valence-electron chi connectivity index (χ0n) is 14.9. The van der Waals surface area contributed by atoms with Crippen LogP contribution in [0.15, 0.2) is 47.4 Å². The number of fused-ring (bicyclic) bond motifs is 3. The highest BCUT2D eigenvalue weighted by Gasteiger charge is 2.25. The minimum atomic E-state index is -3.27. The molecule has 0 bridgehead atoms. The van der Waals surface area contributed by atoms with E-state index in [-0.39, 0.29) is 0 Å². The van der Waals surface area contributed by atoms with Crippen molar-refractivity contribution < 1.29 is 13.2 Å². The van der Waals surface area contributed by atoms with Gasteiger partial charge < -0.3 is 4.74 Å². The number of hydrogen-bond donors (Lipinski definition) is 0. The van der Waals surface area contributed by atoms with Crippen LogP contribution < -0.4 is 4.74 Å². The summed E-state index contributed by atoms with van der Waals surface area (Å²) in [4.78, 5) is 4.81. The molecule has 0 spiro atoms. The molecule has 7 heteroatoms. The molecular weight excluding hydrogens is 362 g/mol. The number of hydrogen-bond acceptors (Lipinski definition) is 5. The maximum atomic E-state index is 11.9. The molecular formula is C20H17N3O3S. The number of sulfone groups is 1. The van der Waals surface area contributed by atoms with Crippen LogP contribution in [0.25, 0.3) is 16.9 Å². The van der Waals surface area contributed by atoms with Crippen molar-refractivity contribution in [3.8, 4) is 28.8 Å². The van der Waals surface area contributed by atoms with E-state index in [1.54, 1.807) is 25.3 Å². The van der Waals surface area contributed by atoms with Crippen LogP contribution in [-0.4, -0.2) is 31.3 Å². The van der Waals surface area contributed by atoms with E-state index in [4.69, 9.17) is 4.74 Å². The molecule has 0 amide bonds. The first-order valence-corrected chi connectivity index (χ1v) is 10.3. The summed E-state index contributed by atoms with van der Waals surface area (Å²) >= 11 is 0. The lowest BCUT2D eigenvalue weighted by Crippen LogP contribution is -2.14. The second-order valence-electron chi connectivity index (χ2n) is 6.46. The number of aryl methyl sites for hydroxylation is 2. The van der Waals surface area contributed by atoms with Crippen molar-refractivity contribution in [2.24, 2.45) is 0 Å². The van der Waals surface area contributed by atoms with E-state index in [0.29, 0.717) is 29.1 Å². The number of nitrogens with zero attached hydrogens (tertiary/aromatic N) is 3. The van der Waals surface area contributed by atoms with E-state index in [2.05, 4.69) is 11.1 Å². The molecule has 4 rings (SSSR count). The molecule has 27 heavy (non-hydrogen) atoms. The Bertz CT molecular complexity index is 1190. The number of aromatic nitrogens is 2. The zero-order chi connectivity index (χ0) is 19.2. The van der Waals surface area contributed by atoms with E-state index < -0.39 is 9.84 Å². The fourth-order valence-electron chi connectivity index (χ4n) is 3.44. The second kappa shape index (κ2) is 6.25. The maximum absolute atomic E-state index is 11.9. The number of methoxy groups -OCH3 is 1. The summed E-state index contributed by atoms with van der Waals surface area (Å²) in [7, 11) is -1.67. The summed E-state index contributed by atoms with van der Waals surface area (Å²) in [6.45, 7) is 0. The number of ether oxygens (including phenoxy) is 1. The lowest BCUT2D eigenvalue weighted by molar-refractivity contribution is 0.415. The van der Waals surface area contributed by atoms with Gasteiger partial charge in [-0.3, -0.25) is 4.57 Å². The topological polar surface area (TPSA) is 85.0 Å². The SMILES string of the molecule is COc1ccc(-c2c(C#N)nc3n2-c2ccc(S(C)(=O)=O)cc2CC3)cc1.